The fourth-order valence-electron chi connectivity index (χ4n) is 3.05. The summed E-state index contributed by atoms with van der Waals surface area (Å²) < 4.78 is 20.9. The molecule has 43 heavy (non-hydrogen) atoms. The van der Waals surface area contributed by atoms with Gasteiger partial charge in [-0.3, -0.25) is 28.8 Å². The van der Waals surface area contributed by atoms with Gasteiger partial charge in [0.05, 0.1) is 39.6 Å². The molecule has 0 aliphatic rings. The van der Waals surface area contributed by atoms with Gasteiger partial charge in [0.1, 0.15) is 31.9 Å². The molecule has 19 nitrogen and oxygen atoms in total. The first-order valence-corrected chi connectivity index (χ1v) is 14.0. The topological polar surface area (TPSA) is 280 Å². The van der Waals surface area contributed by atoms with E-state index in [9.17, 15) is 24.0 Å². The van der Waals surface area contributed by atoms with E-state index in [2.05, 4.69) is 48.8 Å². The van der Waals surface area contributed by atoms with E-state index in [4.69, 9.17) is 36.1 Å². The minimum absolute atomic E-state index is 0.0186. The molecule has 8 N–H and O–H groups in total. The zero-order chi connectivity index (χ0) is 32.1. The van der Waals surface area contributed by atoms with E-state index in [-0.39, 0.29) is 90.6 Å². The second-order valence-corrected chi connectivity index (χ2v) is 8.92. The second-order valence-electron chi connectivity index (χ2n) is 8.56. The van der Waals surface area contributed by atoms with Crippen LogP contribution in [0.4, 0.5) is 0 Å². The molecule has 0 heterocycles. The summed E-state index contributed by atoms with van der Waals surface area (Å²) in [5.74, 6) is 2.15. The molecule has 0 saturated heterocycles. The Labute approximate surface area is 254 Å². The van der Waals surface area contributed by atoms with E-state index in [1.807, 2.05) is 0 Å². The molecule has 0 fully saturated rings. The van der Waals surface area contributed by atoms with Crippen LogP contribution in [0.15, 0.2) is 5.11 Å². The Kier molecular flexibility index (Phi) is 25.5. The molecule has 0 saturated carbocycles. The predicted octanol–water partition coefficient (Wildman–Crippen LogP) is -2.96. The number of nitrogens with zero attached hydrogens (tertiary/aromatic N) is 3. The average molecular weight is 638 g/mol. The van der Waals surface area contributed by atoms with Crippen molar-refractivity contribution in [3.05, 3.63) is 10.4 Å². The van der Waals surface area contributed by atoms with E-state index in [1.165, 1.54) is 0 Å². The molecule has 0 spiro atoms. The summed E-state index contributed by atoms with van der Waals surface area (Å²) in [7, 11) is 0. The summed E-state index contributed by atoms with van der Waals surface area (Å²) >= 11 is 4.00. The van der Waals surface area contributed by atoms with Gasteiger partial charge in [-0.2, -0.15) is 12.6 Å². The third-order valence-electron chi connectivity index (χ3n) is 5.13. The molecule has 2 atom stereocenters. The zero-order valence-electron chi connectivity index (χ0n) is 24.0. The first-order chi connectivity index (χ1) is 20.7. The normalized spacial score (nSPS) is 12.0. The zero-order valence-corrected chi connectivity index (χ0v) is 24.9. The van der Waals surface area contributed by atoms with E-state index in [0.717, 1.165) is 0 Å². The number of azide groups is 1. The van der Waals surface area contributed by atoms with Crippen molar-refractivity contribution in [1.82, 2.24) is 21.3 Å². The van der Waals surface area contributed by atoms with Gasteiger partial charge in [-0.25, -0.2) is 5.90 Å². The number of unbranched alkanes of at least 4 members (excludes halogenated alkanes) is 1. The standard InChI is InChI=1S/C23H43N9O10S/c24-22(36)18(16-43)31-23(37)17(3-1-2-4-27-20(34)15-42-26)30-21(35)14-41-12-9-38-7-5-28-19(33)13-40-11-10-39-8-6-29-32-25/h17-18,43H,1-16,26H2,(H2,24,36)(H,27,34)(H,28,33)(H,30,35)(H,31,37)/t17-,18-/m0/s1. The molecule has 0 aliphatic carbocycles. The quantitative estimate of drug-likeness (QED) is 0.0114. The lowest BCUT2D eigenvalue weighted by Crippen LogP contribution is -2.54. The van der Waals surface area contributed by atoms with Crippen molar-refractivity contribution in [2.45, 2.75) is 31.3 Å². The highest BCUT2D eigenvalue weighted by molar-refractivity contribution is 7.80. The van der Waals surface area contributed by atoms with E-state index >= 15 is 0 Å². The lowest BCUT2D eigenvalue weighted by Gasteiger charge is -2.21. The molecular weight excluding hydrogens is 594 g/mol. The smallest absolute Gasteiger partial charge is 0.248 e. The van der Waals surface area contributed by atoms with Gasteiger partial charge in [-0.15, -0.1) is 0 Å². The molecule has 0 aromatic heterocycles. The van der Waals surface area contributed by atoms with Gasteiger partial charge < -0.3 is 45.9 Å². The largest absolute Gasteiger partial charge is 0.379 e. The van der Waals surface area contributed by atoms with Gasteiger partial charge in [-0.05, 0) is 24.8 Å². The monoisotopic (exact) mass is 637 g/mol. The Morgan fingerprint density at radius 1 is 0.767 bits per heavy atom. The van der Waals surface area contributed by atoms with E-state index in [1.54, 1.807) is 0 Å². The number of carbonyl (C=O) groups excluding carboxylic acids is 5. The molecule has 0 unspecified atom stereocenters. The Morgan fingerprint density at radius 3 is 2.00 bits per heavy atom. The lowest BCUT2D eigenvalue weighted by atomic mass is 10.1. The maximum atomic E-state index is 12.7. The number of ether oxygens (including phenoxy) is 4. The highest BCUT2D eigenvalue weighted by Crippen LogP contribution is 2.03. The lowest BCUT2D eigenvalue weighted by molar-refractivity contribution is -0.133. The number of amides is 5. The van der Waals surface area contributed by atoms with Crippen LogP contribution in [0.2, 0.25) is 0 Å². The average Bonchev–Trinajstić information content (AvgIpc) is 2.97. The second kappa shape index (κ2) is 27.6. The molecule has 0 rings (SSSR count). The maximum Gasteiger partial charge on any atom is 0.248 e. The molecule has 20 heteroatoms. The third kappa shape index (κ3) is 24.0. The summed E-state index contributed by atoms with van der Waals surface area (Å²) in [5, 5.41) is 13.5. The summed E-state index contributed by atoms with van der Waals surface area (Å²) in [4.78, 5) is 66.4. The van der Waals surface area contributed by atoms with Gasteiger partial charge in [0.2, 0.25) is 29.5 Å². The summed E-state index contributed by atoms with van der Waals surface area (Å²) in [6.07, 6.45) is 1.17. The number of hydrogen-bond acceptors (Lipinski definition) is 13. The number of rotatable bonds is 28. The van der Waals surface area contributed by atoms with Crippen molar-refractivity contribution < 1.29 is 47.8 Å². The Hall–Kier alpha value is -3.23. The van der Waals surface area contributed by atoms with Gasteiger partial charge in [0, 0.05) is 30.3 Å². The number of carbonyl (C=O) groups is 5. The molecule has 0 aliphatic heterocycles. The van der Waals surface area contributed by atoms with E-state index in [0.29, 0.717) is 19.4 Å². The molecule has 0 aromatic rings. The van der Waals surface area contributed by atoms with Gasteiger partial charge >= 0.3 is 0 Å². The highest BCUT2D eigenvalue weighted by atomic mass is 32.1. The van der Waals surface area contributed by atoms with Crippen LogP contribution >= 0.6 is 12.6 Å². The van der Waals surface area contributed by atoms with Crippen molar-refractivity contribution in [2.75, 3.05) is 84.8 Å². The van der Waals surface area contributed by atoms with Gasteiger partial charge in [-0.1, -0.05) is 5.11 Å². The maximum absolute atomic E-state index is 12.7. The number of thiol groups is 1. The fraction of sp³-hybridized carbons (Fsp3) is 0.783. The fourth-order valence-corrected chi connectivity index (χ4v) is 3.32. The van der Waals surface area contributed by atoms with Crippen molar-refractivity contribution >= 4 is 42.2 Å². The summed E-state index contributed by atoms with van der Waals surface area (Å²) in [6.45, 7) is 1.19. The molecule has 5 amide bonds. The number of hydrogen-bond donors (Lipinski definition) is 7. The first kappa shape index (κ1) is 39.8. The molecule has 0 aromatic carbocycles. The molecule has 246 valence electrons. The van der Waals surface area contributed by atoms with Crippen molar-refractivity contribution in [3.8, 4) is 0 Å². The van der Waals surface area contributed by atoms with Crippen LogP contribution in [-0.2, 0) is 47.8 Å². The summed E-state index contributed by atoms with van der Waals surface area (Å²) in [5.41, 5.74) is 13.4. The van der Waals surface area contributed by atoms with Crippen LogP contribution in [0.1, 0.15) is 19.3 Å². The Morgan fingerprint density at radius 2 is 1.37 bits per heavy atom. The van der Waals surface area contributed by atoms with Crippen LogP contribution in [0, 0.1) is 0 Å². The van der Waals surface area contributed by atoms with E-state index < -0.39 is 35.7 Å². The van der Waals surface area contributed by atoms with Crippen LogP contribution < -0.4 is 32.9 Å². The molecule has 0 radical (unpaired) electrons. The van der Waals surface area contributed by atoms with Gasteiger partial charge in [0.15, 0.2) is 0 Å². The number of primary amides is 1. The minimum Gasteiger partial charge on any atom is -0.379 e. The third-order valence-corrected chi connectivity index (χ3v) is 5.49. The number of nitrogens with one attached hydrogen (secondary N) is 4. The predicted molar refractivity (Wildman–Crippen MR) is 154 cm³/mol. The van der Waals surface area contributed by atoms with Crippen LogP contribution in [0.3, 0.4) is 0 Å². The molecule has 0 bridgehead atoms. The van der Waals surface area contributed by atoms with Crippen molar-refractivity contribution in [1.29, 1.82) is 0 Å². The van der Waals surface area contributed by atoms with Crippen molar-refractivity contribution in [3.63, 3.8) is 0 Å². The minimum atomic E-state index is -1.02. The Bertz CT molecular complexity index is 881. The first-order valence-electron chi connectivity index (χ1n) is 13.4. The van der Waals surface area contributed by atoms with Crippen LogP contribution in [0.25, 0.3) is 10.4 Å². The highest BCUT2D eigenvalue weighted by Gasteiger charge is 2.24. The summed E-state index contributed by atoms with van der Waals surface area (Å²) in [6, 6.07) is -2.00. The van der Waals surface area contributed by atoms with Crippen LogP contribution in [-0.4, -0.2) is 126 Å². The van der Waals surface area contributed by atoms with Crippen LogP contribution in [0.5, 0.6) is 0 Å². The SMILES string of the molecule is [N-]=[N+]=NCCOCCOCC(=O)NCCOCCOCC(=O)N[C@@H](CCCCNC(=O)CON)C(=O)N[C@@H](CS)C(N)=O. The van der Waals surface area contributed by atoms with Crippen molar-refractivity contribution in [2.24, 2.45) is 16.7 Å². The Balaban J connectivity index is 4.20. The van der Waals surface area contributed by atoms with Gasteiger partial charge in [0.25, 0.3) is 0 Å². The molecular formula is C23H43N9O10S. The number of nitrogens with two attached hydrogens (primary N) is 2.